The first kappa shape index (κ1) is 12.4. The second-order valence-electron chi connectivity index (χ2n) is 5.15. The van der Waals surface area contributed by atoms with Gasteiger partial charge in [-0.3, -0.25) is 10.2 Å². The highest BCUT2D eigenvalue weighted by Gasteiger charge is 2.19. The summed E-state index contributed by atoms with van der Waals surface area (Å²) in [6.45, 7) is 3.16. The van der Waals surface area contributed by atoms with Crippen molar-refractivity contribution >= 4 is 0 Å². The van der Waals surface area contributed by atoms with Crippen molar-refractivity contribution < 1.29 is 0 Å². The molecule has 1 N–H and O–H groups in total. The van der Waals surface area contributed by atoms with Gasteiger partial charge in [-0.2, -0.15) is 0 Å². The van der Waals surface area contributed by atoms with E-state index in [1.165, 1.54) is 17.5 Å². The van der Waals surface area contributed by atoms with E-state index in [2.05, 4.69) is 70.9 Å². The van der Waals surface area contributed by atoms with Gasteiger partial charge in [-0.25, -0.2) is 0 Å². The van der Waals surface area contributed by atoms with E-state index < -0.39 is 0 Å². The molecule has 0 aliphatic carbocycles. The fourth-order valence-electron chi connectivity index (χ4n) is 2.68. The normalized spacial score (nSPS) is 20.3. The van der Waals surface area contributed by atoms with Crippen molar-refractivity contribution in [2.45, 2.75) is 19.0 Å². The third kappa shape index (κ3) is 3.22. The summed E-state index contributed by atoms with van der Waals surface area (Å²) in [6, 6.07) is 21.9. The summed E-state index contributed by atoms with van der Waals surface area (Å²) in [5.74, 6) is 0. The van der Waals surface area contributed by atoms with Gasteiger partial charge >= 0.3 is 0 Å². The average Bonchev–Trinajstić information content (AvgIpc) is 2.50. The van der Waals surface area contributed by atoms with Gasteiger partial charge in [0.2, 0.25) is 0 Å². The van der Waals surface area contributed by atoms with Gasteiger partial charge in [-0.05, 0) is 17.5 Å². The fraction of sp³-hybridized carbons (Fsp3) is 0.294. The molecule has 1 aliphatic rings. The van der Waals surface area contributed by atoms with Crippen molar-refractivity contribution in [1.29, 1.82) is 0 Å². The molecule has 0 bridgehead atoms. The lowest BCUT2D eigenvalue weighted by atomic mass is 10.0. The molecule has 0 amide bonds. The Labute approximate surface area is 115 Å². The standard InChI is InChI=1S/C17H20N2/c1-3-7-15(8-4-1)13-19-12-11-17(18-14-19)16-9-5-2-6-10-16/h1-10,17-18H,11-14H2. The van der Waals surface area contributed by atoms with Crippen LogP contribution in [0.5, 0.6) is 0 Å². The van der Waals surface area contributed by atoms with Crippen LogP contribution in [-0.4, -0.2) is 18.1 Å². The van der Waals surface area contributed by atoms with E-state index in [1.54, 1.807) is 0 Å². The maximum atomic E-state index is 3.63. The monoisotopic (exact) mass is 252 g/mol. The summed E-state index contributed by atoms with van der Waals surface area (Å²) in [7, 11) is 0. The Balaban J connectivity index is 1.55. The van der Waals surface area contributed by atoms with Crippen LogP contribution in [0.25, 0.3) is 0 Å². The highest BCUT2D eigenvalue weighted by molar-refractivity contribution is 5.19. The van der Waals surface area contributed by atoms with Gasteiger partial charge in [0.05, 0.1) is 0 Å². The Kier molecular flexibility index (Phi) is 3.92. The quantitative estimate of drug-likeness (QED) is 0.902. The van der Waals surface area contributed by atoms with Crippen molar-refractivity contribution in [2.24, 2.45) is 0 Å². The number of rotatable bonds is 3. The Bertz CT molecular complexity index is 487. The molecular formula is C17H20N2. The van der Waals surface area contributed by atoms with Crippen LogP contribution in [-0.2, 0) is 6.54 Å². The minimum Gasteiger partial charge on any atom is -0.297 e. The highest BCUT2D eigenvalue weighted by Crippen LogP contribution is 2.20. The number of hydrogen-bond acceptors (Lipinski definition) is 2. The van der Waals surface area contributed by atoms with Gasteiger partial charge < -0.3 is 0 Å². The third-order valence-corrected chi connectivity index (χ3v) is 3.75. The van der Waals surface area contributed by atoms with Crippen LogP contribution in [0.2, 0.25) is 0 Å². The second-order valence-corrected chi connectivity index (χ2v) is 5.15. The molecule has 0 radical (unpaired) electrons. The Morgan fingerprint density at radius 1 is 0.947 bits per heavy atom. The van der Waals surface area contributed by atoms with Crippen LogP contribution >= 0.6 is 0 Å². The molecule has 0 saturated carbocycles. The molecule has 0 aromatic heterocycles. The topological polar surface area (TPSA) is 15.3 Å². The molecule has 2 heteroatoms. The van der Waals surface area contributed by atoms with Gasteiger partial charge in [0.15, 0.2) is 0 Å². The van der Waals surface area contributed by atoms with Gasteiger partial charge in [-0.1, -0.05) is 60.7 Å². The molecule has 2 aromatic carbocycles. The van der Waals surface area contributed by atoms with Crippen LogP contribution in [0.4, 0.5) is 0 Å². The summed E-state index contributed by atoms with van der Waals surface area (Å²) in [5.41, 5.74) is 2.80. The van der Waals surface area contributed by atoms with Crippen LogP contribution in [0.3, 0.4) is 0 Å². The zero-order valence-electron chi connectivity index (χ0n) is 11.1. The van der Waals surface area contributed by atoms with E-state index in [-0.39, 0.29) is 0 Å². The lowest BCUT2D eigenvalue weighted by Crippen LogP contribution is -2.42. The molecule has 0 spiro atoms. The van der Waals surface area contributed by atoms with E-state index in [0.29, 0.717) is 6.04 Å². The maximum absolute atomic E-state index is 3.63. The predicted molar refractivity (Wildman–Crippen MR) is 78.7 cm³/mol. The predicted octanol–water partition coefficient (Wildman–Crippen LogP) is 3.18. The number of nitrogens with one attached hydrogen (secondary N) is 1. The molecule has 2 nitrogen and oxygen atoms in total. The molecule has 1 saturated heterocycles. The first-order chi connectivity index (χ1) is 9.42. The summed E-state index contributed by atoms with van der Waals surface area (Å²) in [6.07, 6.45) is 1.18. The second kappa shape index (κ2) is 6.00. The van der Waals surface area contributed by atoms with Crippen LogP contribution < -0.4 is 5.32 Å². The minimum atomic E-state index is 0.508. The fourth-order valence-corrected chi connectivity index (χ4v) is 2.68. The van der Waals surface area contributed by atoms with Crippen LogP contribution in [0, 0.1) is 0 Å². The van der Waals surface area contributed by atoms with E-state index in [1.807, 2.05) is 0 Å². The number of benzene rings is 2. The van der Waals surface area contributed by atoms with E-state index in [0.717, 1.165) is 19.8 Å². The van der Waals surface area contributed by atoms with Crippen LogP contribution in [0.15, 0.2) is 60.7 Å². The molecule has 98 valence electrons. The van der Waals surface area contributed by atoms with Gasteiger partial charge in [0, 0.05) is 25.8 Å². The average molecular weight is 252 g/mol. The first-order valence-electron chi connectivity index (χ1n) is 6.96. The van der Waals surface area contributed by atoms with Crippen molar-refractivity contribution in [3.8, 4) is 0 Å². The molecule has 19 heavy (non-hydrogen) atoms. The third-order valence-electron chi connectivity index (χ3n) is 3.75. The Hall–Kier alpha value is -1.64. The van der Waals surface area contributed by atoms with E-state index in [4.69, 9.17) is 0 Å². The molecule has 2 aromatic rings. The lowest BCUT2D eigenvalue weighted by Gasteiger charge is -2.33. The Morgan fingerprint density at radius 2 is 1.63 bits per heavy atom. The van der Waals surface area contributed by atoms with E-state index in [9.17, 15) is 0 Å². The number of nitrogens with zero attached hydrogens (tertiary/aromatic N) is 1. The molecule has 1 heterocycles. The summed E-state index contributed by atoms with van der Waals surface area (Å²) >= 11 is 0. The molecule has 1 unspecified atom stereocenters. The van der Waals surface area contributed by atoms with Crippen molar-refractivity contribution in [3.63, 3.8) is 0 Å². The number of hydrogen-bond donors (Lipinski definition) is 1. The van der Waals surface area contributed by atoms with Gasteiger partial charge in [0.1, 0.15) is 0 Å². The highest BCUT2D eigenvalue weighted by atomic mass is 15.2. The van der Waals surface area contributed by atoms with E-state index >= 15 is 0 Å². The molecule has 1 fully saturated rings. The molecule has 3 rings (SSSR count). The maximum Gasteiger partial charge on any atom is 0.0488 e. The molecule has 1 aliphatic heterocycles. The zero-order chi connectivity index (χ0) is 12.9. The van der Waals surface area contributed by atoms with Crippen molar-refractivity contribution in [3.05, 3.63) is 71.8 Å². The van der Waals surface area contributed by atoms with Gasteiger partial charge in [0.25, 0.3) is 0 Å². The first-order valence-corrected chi connectivity index (χ1v) is 6.96. The molecular weight excluding hydrogens is 232 g/mol. The molecule has 1 atom stereocenters. The SMILES string of the molecule is c1ccc(CN2CCC(c3ccccc3)NC2)cc1. The van der Waals surface area contributed by atoms with Crippen LogP contribution in [0.1, 0.15) is 23.6 Å². The summed E-state index contributed by atoms with van der Waals surface area (Å²) < 4.78 is 0. The largest absolute Gasteiger partial charge is 0.297 e. The minimum absolute atomic E-state index is 0.508. The summed E-state index contributed by atoms with van der Waals surface area (Å²) in [4.78, 5) is 2.47. The smallest absolute Gasteiger partial charge is 0.0488 e. The van der Waals surface area contributed by atoms with Crippen molar-refractivity contribution in [1.82, 2.24) is 10.2 Å². The summed E-state index contributed by atoms with van der Waals surface area (Å²) in [5, 5.41) is 3.63. The van der Waals surface area contributed by atoms with Gasteiger partial charge in [-0.15, -0.1) is 0 Å². The lowest BCUT2D eigenvalue weighted by molar-refractivity contribution is 0.175. The zero-order valence-corrected chi connectivity index (χ0v) is 11.1. The Morgan fingerprint density at radius 3 is 2.26 bits per heavy atom. The van der Waals surface area contributed by atoms with Crippen molar-refractivity contribution in [2.75, 3.05) is 13.2 Å².